The maximum atomic E-state index is 11.8. The molecule has 0 aromatic heterocycles. The molecule has 5 nitrogen and oxygen atoms in total. The lowest BCUT2D eigenvalue weighted by Crippen LogP contribution is -2.53. The molecule has 2 fully saturated rings. The maximum Gasteiger partial charge on any atom is 0.307 e. The summed E-state index contributed by atoms with van der Waals surface area (Å²) in [7, 11) is 0. The van der Waals surface area contributed by atoms with Crippen molar-refractivity contribution in [3.05, 3.63) is 35.9 Å². The number of carboxylic acids is 1. The molecule has 5 unspecified atom stereocenters. The van der Waals surface area contributed by atoms with Gasteiger partial charge in [-0.15, -0.1) is 0 Å². The number of aliphatic carboxylic acids is 1. The molecule has 1 amide bonds. The van der Waals surface area contributed by atoms with Crippen LogP contribution in [0.15, 0.2) is 30.3 Å². The fraction of sp³-hybridized carbons (Fsp3) is 0.526. The summed E-state index contributed by atoms with van der Waals surface area (Å²) in [5, 5.41) is 22.4. The molecular weight excluding hydrogens is 304 g/mol. The van der Waals surface area contributed by atoms with Gasteiger partial charge in [-0.3, -0.25) is 9.59 Å². The second kappa shape index (κ2) is 5.62. The minimum Gasteiger partial charge on any atom is -0.481 e. The predicted molar refractivity (Wildman–Crippen MR) is 87.8 cm³/mol. The van der Waals surface area contributed by atoms with Crippen LogP contribution in [0, 0.1) is 34.5 Å². The molecule has 2 saturated carbocycles. The number of rotatable bonds is 5. The van der Waals surface area contributed by atoms with Gasteiger partial charge in [0.15, 0.2) is 0 Å². The molecule has 3 rings (SSSR count). The monoisotopic (exact) mass is 326 g/mol. The highest BCUT2D eigenvalue weighted by atomic mass is 16.4. The summed E-state index contributed by atoms with van der Waals surface area (Å²) in [5.41, 5.74) is -0.598. The zero-order chi connectivity index (χ0) is 17.5. The molecule has 2 aliphatic carbocycles. The fourth-order valence-corrected chi connectivity index (χ4v) is 5.32. The summed E-state index contributed by atoms with van der Waals surface area (Å²) >= 11 is 0. The van der Waals surface area contributed by atoms with E-state index >= 15 is 0 Å². The summed E-state index contributed by atoms with van der Waals surface area (Å²) in [4.78, 5) is 23.5. The van der Waals surface area contributed by atoms with E-state index in [2.05, 4.69) is 11.4 Å². The molecule has 24 heavy (non-hydrogen) atoms. The number of carboxylic acid groups (broad SMARTS) is 1. The average Bonchev–Trinajstić information content (AvgIpc) is 3.18. The summed E-state index contributed by atoms with van der Waals surface area (Å²) in [6, 6.07) is 12.2. The third-order valence-corrected chi connectivity index (χ3v) is 6.04. The molecule has 0 spiro atoms. The van der Waals surface area contributed by atoms with E-state index in [4.69, 9.17) is 0 Å². The largest absolute Gasteiger partial charge is 0.481 e. The van der Waals surface area contributed by atoms with E-state index in [1.807, 2.05) is 37.3 Å². The molecule has 0 heterocycles. The van der Waals surface area contributed by atoms with Gasteiger partial charge < -0.3 is 10.4 Å². The van der Waals surface area contributed by atoms with Crippen molar-refractivity contribution in [1.29, 1.82) is 5.26 Å². The van der Waals surface area contributed by atoms with Crippen molar-refractivity contribution >= 4 is 11.9 Å². The summed E-state index contributed by atoms with van der Waals surface area (Å²) in [5.74, 6) is -1.67. The van der Waals surface area contributed by atoms with Crippen LogP contribution in [-0.2, 0) is 16.0 Å². The summed E-state index contributed by atoms with van der Waals surface area (Å²) < 4.78 is 0. The number of carbonyl (C=O) groups is 2. The van der Waals surface area contributed by atoms with E-state index in [0.29, 0.717) is 12.8 Å². The summed E-state index contributed by atoms with van der Waals surface area (Å²) in [6.07, 6.45) is 1.83. The molecule has 1 aromatic rings. The Hall–Kier alpha value is -2.35. The lowest BCUT2D eigenvalue weighted by molar-refractivity contribution is -0.141. The molecular formula is C19H22N2O3. The van der Waals surface area contributed by atoms with E-state index in [9.17, 15) is 20.0 Å². The van der Waals surface area contributed by atoms with Gasteiger partial charge in [0, 0.05) is 12.3 Å². The van der Waals surface area contributed by atoms with Crippen LogP contribution in [0.2, 0.25) is 0 Å². The summed E-state index contributed by atoms with van der Waals surface area (Å²) in [6.45, 7) is 3.31. The SMILES string of the molecule is CCC12C(C(=O)O)C1C(Cc1ccccc1)CC2(C#N)NC(C)=O. The number of hydrogen-bond acceptors (Lipinski definition) is 3. The highest BCUT2D eigenvalue weighted by Crippen LogP contribution is 2.76. The lowest BCUT2D eigenvalue weighted by Gasteiger charge is -2.34. The van der Waals surface area contributed by atoms with E-state index < -0.39 is 22.8 Å². The molecule has 0 aliphatic heterocycles. The van der Waals surface area contributed by atoms with Gasteiger partial charge in [-0.25, -0.2) is 0 Å². The Labute approximate surface area is 141 Å². The van der Waals surface area contributed by atoms with Crippen molar-refractivity contribution in [2.45, 2.75) is 38.6 Å². The van der Waals surface area contributed by atoms with Crippen LogP contribution in [0.5, 0.6) is 0 Å². The number of nitrogens with zero attached hydrogens (tertiary/aromatic N) is 1. The number of carbonyl (C=O) groups excluding carboxylic acids is 1. The van der Waals surface area contributed by atoms with Crippen molar-refractivity contribution in [3.8, 4) is 6.07 Å². The Morgan fingerprint density at radius 1 is 1.38 bits per heavy atom. The van der Waals surface area contributed by atoms with Crippen molar-refractivity contribution in [3.63, 3.8) is 0 Å². The molecule has 0 saturated heterocycles. The van der Waals surface area contributed by atoms with Gasteiger partial charge >= 0.3 is 5.97 Å². The zero-order valence-corrected chi connectivity index (χ0v) is 14.0. The highest BCUT2D eigenvalue weighted by molar-refractivity contribution is 5.80. The molecule has 2 aliphatic rings. The maximum absolute atomic E-state index is 11.8. The number of fused-ring (bicyclic) bond motifs is 1. The van der Waals surface area contributed by atoms with Gasteiger partial charge in [0.2, 0.25) is 5.91 Å². The zero-order valence-electron chi connectivity index (χ0n) is 14.0. The van der Waals surface area contributed by atoms with Gasteiger partial charge in [-0.2, -0.15) is 5.26 Å². The second-order valence-electron chi connectivity index (χ2n) is 7.09. The lowest BCUT2D eigenvalue weighted by atomic mass is 9.77. The average molecular weight is 326 g/mol. The Balaban J connectivity index is 1.99. The third kappa shape index (κ3) is 2.13. The Kier molecular flexibility index (Phi) is 3.87. The molecule has 2 N–H and O–H groups in total. The minimum absolute atomic E-state index is 0.0632. The molecule has 0 radical (unpaired) electrons. The topological polar surface area (TPSA) is 90.2 Å². The second-order valence-corrected chi connectivity index (χ2v) is 7.09. The van der Waals surface area contributed by atoms with E-state index in [0.717, 1.165) is 12.0 Å². The van der Waals surface area contributed by atoms with Crippen LogP contribution in [0.1, 0.15) is 32.3 Å². The Morgan fingerprint density at radius 2 is 2.04 bits per heavy atom. The Morgan fingerprint density at radius 3 is 2.54 bits per heavy atom. The van der Waals surface area contributed by atoms with Gasteiger partial charge in [0.25, 0.3) is 0 Å². The number of nitriles is 1. The van der Waals surface area contributed by atoms with Crippen LogP contribution in [-0.4, -0.2) is 22.5 Å². The van der Waals surface area contributed by atoms with Gasteiger partial charge in [-0.1, -0.05) is 37.3 Å². The number of benzene rings is 1. The van der Waals surface area contributed by atoms with E-state index in [1.54, 1.807) is 0 Å². The molecule has 0 bridgehead atoms. The predicted octanol–water partition coefficient (Wildman–Crippen LogP) is 2.37. The first kappa shape index (κ1) is 16.5. The Bertz CT molecular complexity index is 711. The van der Waals surface area contributed by atoms with E-state index in [-0.39, 0.29) is 17.7 Å². The van der Waals surface area contributed by atoms with Crippen molar-refractivity contribution in [2.75, 3.05) is 0 Å². The highest BCUT2D eigenvalue weighted by Gasteiger charge is 2.82. The van der Waals surface area contributed by atoms with Gasteiger partial charge in [0.1, 0.15) is 5.54 Å². The number of nitrogens with one attached hydrogen (secondary N) is 1. The van der Waals surface area contributed by atoms with Crippen LogP contribution in [0.25, 0.3) is 0 Å². The minimum atomic E-state index is -1.08. The van der Waals surface area contributed by atoms with Crippen LogP contribution in [0.4, 0.5) is 0 Å². The first-order valence-electron chi connectivity index (χ1n) is 8.38. The van der Waals surface area contributed by atoms with Crippen LogP contribution < -0.4 is 5.32 Å². The molecule has 126 valence electrons. The standard InChI is InChI=1S/C19H22N2O3/c1-3-19-15(16(19)17(23)24)14(9-13-7-5-4-6-8-13)10-18(19,11-20)21-12(2)22/h4-8,14-16H,3,9-10H2,1-2H3,(H,21,22)(H,23,24). The quantitative estimate of drug-likeness (QED) is 0.869. The third-order valence-electron chi connectivity index (χ3n) is 6.04. The number of hydrogen-bond donors (Lipinski definition) is 2. The van der Waals surface area contributed by atoms with Gasteiger partial charge in [-0.05, 0) is 36.7 Å². The first-order valence-corrected chi connectivity index (χ1v) is 8.38. The molecule has 5 atom stereocenters. The van der Waals surface area contributed by atoms with Gasteiger partial charge in [0.05, 0.1) is 12.0 Å². The van der Waals surface area contributed by atoms with Crippen molar-refractivity contribution in [2.24, 2.45) is 23.2 Å². The van der Waals surface area contributed by atoms with Crippen molar-refractivity contribution < 1.29 is 14.7 Å². The van der Waals surface area contributed by atoms with Crippen LogP contribution in [0.3, 0.4) is 0 Å². The molecule has 5 heteroatoms. The fourth-order valence-electron chi connectivity index (χ4n) is 5.32. The van der Waals surface area contributed by atoms with Crippen LogP contribution >= 0.6 is 0 Å². The molecule has 1 aromatic carbocycles. The van der Waals surface area contributed by atoms with E-state index in [1.165, 1.54) is 6.92 Å². The first-order chi connectivity index (χ1) is 11.4. The normalized spacial score (nSPS) is 36.5. The number of amides is 1. The van der Waals surface area contributed by atoms with Crippen molar-refractivity contribution in [1.82, 2.24) is 5.32 Å². The smallest absolute Gasteiger partial charge is 0.307 e.